The Morgan fingerprint density at radius 2 is 0.895 bits per heavy atom. The van der Waals surface area contributed by atoms with Gasteiger partial charge in [-0.05, 0) is 38.5 Å². The van der Waals surface area contributed by atoms with E-state index in [1.165, 1.54) is 148 Å². The number of quaternary nitrogens is 1. The zero-order valence-electron chi connectivity index (χ0n) is 38.1. The number of rotatable bonds is 44. The number of esters is 2. The number of hydrogen-bond acceptors (Lipinski definition) is 8. The van der Waals surface area contributed by atoms with E-state index in [-0.39, 0.29) is 32.0 Å². The Balaban J connectivity index is 4.28. The highest BCUT2D eigenvalue weighted by Gasteiger charge is 2.21. The summed E-state index contributed by atoms with van der Waals surface area (Å²) < 4.78 is 34.0. The number of allylic oxidation sites excluding steroid dienone is 2. The average molecular weight is 830 g/mol. The van der Waals surface area contributed by atoms with Gasteiger partial charge in [-0.2, -0.15) is 0 Å². The lowest BCUT2D eigenvalue weighted by atomic mass is 10.0. The average Bonchev–Trinajstić information content (AvgIpc) is 3.16. The molecule has 0 aromatic heterocycles. The summed E-state index contributed by atoms with van der Waals surface area (Å²) in [6.07, 6.45) is 42.3. The number of nitrogens with zero attached hydrogens (tertiary/aromatic N) is 1. The van der Waals surface area contributed by atoms with Gasteiger partial charge in [-0.15, -0.1) is 0 Å². The van der Waals surface area contributed by atoms with Gasteiger partial charge in [-0.3, -0.25) is 14.2 Å². The smallest absolute Gasteiger partial charge is 0.306 e. The predicted molar refractivity (Wildman–Crippen MR) is 236 cm³/mol. The van der Waals surface area contributed by atoms with Crippen LogP contribution in [0.1, 0.15) is 226 Å². The second-order valence-electron chi connectivity index (χ2n) is 17.5. The van der Waals surface area contributed by atoms with Gasteiger partial charge >= 0.3 is 11.9 Å². The molecule has 0 fully saturated rings. The number of ether oxygens (including phenoxy) is 2. The van der Waals surface area contributed by atoms with Crippen molar-refractivity contribution in [2.45, 2.75) is 232 Å². The largest absolute Gasteiger partial charge is 0.756 e. The molecular formula is C47H92NO8P. The van der Waals surface area contributed by atoms with Crippen LogP contribution in [0.25, 0.3) is 0 Å². The monoisotopic (exact) mass is 830 g/mol. The van der Waals surface area contributed by atoms with E-state index < -0.39 is 26.5 Å². The molecule has 10 heteroatoms. The first-order valence-corrected chi connectivity index (χ1v) is 25.4. The molecule has 57 heavy (non-hydrogen) atoms. The first-order valence-electron chi connectivity index (χ1n) is 23.9. The highest BCUT2D eigenvalue weighted by atomic mass is 31.2. The van der Waals surface area contributed by atoms with E-state index in [0.717, 1.165) is 44.9 Å². The minimum absolute atomic E-state index is 0.0284. The Kier molecular flexibility index (Phi) is 39.3. The number of phosphoric acid groups is 1. The molecule has 0 radical (unpaired) electrons. The summed E-state index contributed by atoms with van der Waals surface area (Å²) in [7, 11) is 1.17. The maximum absolute atomic E-state index is 12.7. The molecule has 0 aliphatic carbocycles. The summed E-state index contributed by atoms with van der Waals surface area (Å²) in [5, 5.41) is 0. The molecule has 0 aromatic rings. The highest BCUT2D eigenvalue weighted by molar-refractivity contribution is 7.45. The van der Waals surface area contributed by atoms with Crippen LogP contribution in [-0.2, 0) is 32.7 Å². The predicted octanol–water partition coefficient (Wildman–Crippen LogP) is 13.1. The van der Waals surface area contributed by atoms with Crippen molar-refractivity contribution in [2.75, 3.05) is 47.5 Å². The summed E-state index contributed by atoms with van der Waals surface area (Å²) in [6.45, 7) is 4.25. The summed E-state index contributed by atoms with van der Waals surface area (Å²) >= 11 is 0. The maximum Gasteiger partial charge on any atom is 0.306 e. The van der Waals surface area contributed by atoms with Crippen LogP contribution in [0.5, 0.6) is 0 Å². The van der Waals surface area contributed by atoms with Crippen LogP contribution >= 0.6 is 7.82 Å². The second kappa shape index (κ2) is 40.2. The molecule has 0 aromatic carbocycles. The van der Waals surface area contributed by atoms with Crippen molar-refractivity contribution in [3.63, 3.8) is 0 Å². The van der Waals surface area contributed by atoms with Crippen LogP contribution in [0, 0.1) is 0 Å². The van der Waals surface area contributed by atoms with Crippen molar-refractivity contribution >= 4 is 19.8 Å². The molecule has 0 heterocycles. The van der Waals surface area contributed by atoms with E-state index >= 15 is 0 Å². The first kappa shape index (κ1) is 55.8. The molecule has 0 spiro atoms. The summed E-state index contributed by atoms with van der Waals surface area (Å²) in [4.78, 5) is 37.6. The Labute approximate surface area is 352 Å². The van der Waals surface area contributed by atoms with Crippen LogP contribution in [0.2, 0.25) is 0 Å². The number of phosphoric ester groups is 1. The zero-order chi connectivity index (χ0) is 42.1. The Morgan fingerprint density at radius 3 is 1.30 bits per heavy atom. The van der Waals surface area contributed by atoms with E-state index in [1.54, 1.807) is 0 Å². The van der Waals surface area contributed by atoms with E-state index in [9.17, 15) is 19.0 Å². The van der Waals surface area contributed by atoms with Crippen molar-refractivity contribution in [2.24, 2.45) is 0 Å². The topological polar surface area (TPSA) is 111 Å². The summed E-state index contributed by atoms with van der Waals surface area (Å²) in [5.74, 6) is -0.827. The van der Waals surface area contributed by atoms with Gasteiger partial charge in [-0.1, -0.05) is 187 Å². The van der Waals surface area contributed by atoms with Crippen LogP contribution in [-0.4, -0.2) is 70.0 Å². The molecule has 338 valence electrons. The van der Waals surface area contributed by atoms with Gasteiger partial charge in [0.25, 0.3) is 7.82 Å². The lowest BCUT2D eigenvalue weighted by molar-refractivity contribution is -0.870. The molecule has 0 aliphatic heterocycles. The number of carbonyl (C=O) groups is 2. The number of unbranched alkanes of at least 4 members (excludes halogenated alkanes) is 28. The second-order valence-corrected chi connectivity index (χ2v) is 18.9. The number of carbonyl (C=O) groups excluding carboxylic acids is 2. The Bertz CT molecular complexity index is 985. The fourth-order valence-corrected chi connectivity index (χ4v) is 7.50. The summed E-state index contributed by atoms with van der Waals surface area (Å²) in [6, 6.07) is 0. The molecule has 0 N–H and O–H groups in total. The van der Waals surface area contributed by atoms with Gasteiger partial charge in [0, 0.05) is 12.8 Å². The molecule has 0 saturated carbocycles. The third kappa shape index (κ3) is 44.1. The van der Waals surface area contributed by atoms with Gasteiger partial charge in [0.05, 0.1) is 27.7 Å². The van der Waals surface area contributed by atoms with Crippen molar-refractivity contribution in [3.05, 3.63) is 12.2 Å². The lowest BCUT2D eigenvalue weighted by Crippen LogP contribution is -2.37. The Morgan fingerprint density at radius 1 is 0.526 bits per heavy atom. The van der Waals surface area contributed by atoms with E-state index in [1.807, 2.05) is 21.1 Å². The van der Waals surface area contributed by atoms with Crippen molar-refractivity contribution in [1.29, 1.82) is 0 Å². The van der Waals surface area contributed by atoms with E-state index in [4.69, 9.17) is 18.5 Å². The first-order chi connectivity index (χ1) is 27.5. The highest BCUT2D eigenvalue weighted by Crippen LogP contribution is 2.38. The molecule has 0 saturated heterocycles. The lowest BCUT2D eigenvalue weighted by Gasteiger charge is -2.28. The van der Waals surface area contributed by atoms with Crippen LogP contribution in [0.4, 0.5) is 0 Å². The van der Waals surface area contributed by atoms with Gasteiger partial charge in [0.2, 0.25) is 0 Å². The SMILES string of the molecule is CCCCCCCCCC/C=C\CCCCCCCCCC(=O)O[C@H](COC(=O)CCCCCCCCCCCCCCCC)COP(=O)([O-])OCC[N+](C)(C)C. The van der Waals surface area contributed by atoms with Crippen molar-refractivity contribution in [3.8, 4) is 0 Å². The third-order valence-electron chi connectivity index (χ3n) is 10.5. The molecule has 0 aliphatic rings. The third-order valence-corrected chi connectivity index (χ3v) is 11.5. The number of likely N-dealkylation sites (N-methyl/N-ethyl adjacent to an activating group) is 1. The molecule has 0 amide bonds. The van der Waals surface area contributed by atoms with Gasteiger partial charge in [-0.25, -0.2) is 0 Å². The van der Waals surface area contributed by atoms with Crippen LogP contribution < -0.4 is 4.89 Å². The Hall–Kier alpha value is -1.25. The minimum atomic E-state index is -4.62. The van der Waals surface area contributed by atoms with Crippen molar-refractivity contribution in [1.82, 2.24) is 0 Å². The fourth-order valence-electron chi connectivity index (χ4n) is 6.77. The molecular weight excluding hydrogens is 737 g/mol. The molecule has 2 atom stereocenters. The fraction of sp³-hybridized carbons (Fsp3) is 0.915. The summed E-state index contributed by atoms with van der Waals surface area (Å²) in [5.41, 5.74) is 0. The van der Waals surface area contributed by atoms with Gasteiger partial charge < -0.3 is 27.9 Å². The minimum Gasteiger partial charge on any atom is -0.756 e. The number of hydrogen-bond donors (Lipinski definition) is 0. The molecule has 0 bridgehead atoms. The molecule has 9 nitrogen and oxygen atoms in total. The maximum atomic E-state index is 12.7. The van der Waals surface area contributed by atoms with Gasteiger partial charge in [0.15, 0.2) is 6.10 Å². The zero-order valence-corrected chi connectivity index (χ0v) is 38.9. The van der Waals surface area contributed by atoms with Gasteiger partial charge in [0.1, 0.15) is 19.8 Å². The van der Waals surface area contributed by atoms with Crippen LogP contribution in [0.15, 0.2) is 12.2 Å². The molecule has 0 rings (SSSR count). The van der Waals surface area contributed by atoms with Crippen LogP contribution in [0.3, 0.4) is 0 Å². The van der Waals surface area contributed by atoms with E-state index in [0.29, 0.717) is 17.4 Å². The van der Waals surface area contributed by atoms with Crippen molar-refractivity contribution < 1.29 is 42.1 Å². The quantitative estimate of drug-likeness (QED) is 0.0196. The molecule has 1 unspecified atom stereocenters. The standard InChI is InChI=1S/C47H92NO8P/c1-6-8-10-12-14-16-18-20-22-23-24-25-26-28-30-32-34-36-38-40-47(50)56-45(44-55-57(51,52)54-42-41-48(3,4)5)43-53-46(49)39-37-35-33-31-29-27-21-19-17-15-13-11-9-7-2/h23-24,45H,6-22,25-44H2,1-5H3/b24-23-/t45-/m1/s1. The van der Waals surface area contributed by atoms with E-state index in [2.05, 4.69) is 26.0 Å². The normalized spacial score (nSPS) is 13.6.